The summed E-state index contributed by atoms with van der Waals surface area (Å²) < 4.78 is 0. The first-order valence-corrected chi connectivity index (χ1v) is 6.21. The smallest absolute Gasteiger partial charge is 0.193 e. The fourth-order valence-electron chi connectivity index (χ4n) is 1.63. The molecule has 2 rings (SSSR count). The first-order chi connectivity index (χ1) is 9.17. The molecule has 0 unspecified atom stereocenters. The fraction of sp³-hybridized carbons (Fsp3) is 0.308. The van der Waals surface area contributed by atoms with Crippen LogP contribution in [0.3, 0.4) is 0 Å². The number of aromatic nitrogens is 3. The van der Waals surface area contributed by atoms with Crippen LogP contribution in [0.4, 0.5) is 5.69 Å². The summed E-state index contributed by atoms with van der Waals surface area (Å²) in [5.41, 5.74) is 7.91. The van der Waals surface area contributed by atoms with Gasteiger partial charge in [-0.15, -0.1) is 0 Å². The van der Waals surface area contributed by atoms with E-state index < -0.39 is 0 Å². The zero-order valence-corrected chi connectivity index (χ0v) is 11.1. The van der Waals surface area contributed by atoms with Crippen molar-refractivity contribution in [3.05, 3.63) is 41.5 Å². The normalized spacial score (nSPS) is 11.6. The predicted octanol–water partition coefficient (Wildman–Crippen LogP) is 1.60. The Labute approximate surface area is 112 Å². The number of H-pyrrole nitrogens is 1. The molecule has 0 amide bonds. The molecule has 4 N–H and O–H groups in total. The van der Waals surface area contributed by atoms with Gasteiger partial charge in [-0.25, -0.2) is 9.98 Å². The predicted molar refractivity (Wildman–Crippen MR) is 75.9 cm³/mol. The first kappa shape index (κ1) is 13.1. The lowest BCUT2D eigenvalue weighted by Crippen LogP contribution is -2.22. The summed E-state index contributed by atoms with van der Waals surface area (Å²) in [7, 11) is 0. The molecule has 0 radical (unpaired) electrons. The van der Waals surface area contributed by atoms with E-state index in [1.54, 1.807) is 0 Å². The van der Waals surface area contributed by atoms with E-state index in [1.165, 1.54) is 5.56 Å². The molecular formula is C13H18N6. The molecule has 0 bridgehead atoms. The Morgan fingerprint density at radius 3 is 3.00 bits per heavy atom. The van der Waals surface area contributed by atoms with Crippen LogP contribution in [0.25, 0.3) is 0 Å². The van der Waals surface area contributed by atoms with Gasteiger partial charge >= 0.3 is 0 Å². The molecule has 6 nitrogen and oxygen atoms in total. The number of guanidine groups is 1. The summed E-state index contributed by atoms with van der Waals surface area (Å²) in [4.78, 5) is 8.48. The van der Waals surface area contributed by atoms with Crippen LogP contribution in [0.5, 0.6) is 0 Å². The fourth-order valence-corrected chi connectivity index (χ4v) is 1.63. The molecule has 6 heteroatoms. The molecule has 0 saturated carbocycles. The second-order valence-corrected chi connectivity index (χ2v) is 4.25. The molecule has 1 aromatic heterocycles. The van der Waals surface area contributed by atoms with Gasteiger partial charge in [-0.3, -0.25) is 5.10 Å². The number of nitrogens with zero attached hydrogens (tertiary/aromatic N) is 3. The Kier molecular flexibility index (Phi) is 4.12. The molecule has 19 heavy (non-hydrogen) atoms. The third-order valence-electron chi connectivity index (χ3n) is 2.58. The minimum absolute atomic E-state index is 0.361. The maximum atomic E-state index is 5.82. The number of hydrogen-bond acceptors (Lipinski definition) is 3. The van der Waals surface area contributed by atoms with Crippen molar-refractivity contribution in [1.29, 1.82) is 0 Å². The van der Waals surface area contributed by atoms with E-state index in [1.807, 2.05) is 38.1 Å². The summed E-state index contributed by atoms with van der Waals surface area (Å²) in [6.45, 7) is 4.42. The van der Waals surface area contributed by atoms with Crippen LogP contribution >= 0.6 is 0 Å². The Hall–Kier alpha value is -2.37. The van der Waals surface area contributed by atoms with Crippen molar-refractivity contribution in [2.24, 2.45) is 10.7 Å². The average Bonchev–Trinajstić information content (AvgIpc) is 2.84. The van der Waals surface area contributed by atoms with E-state index in [2.05, 4.69) is 25.5 Å². The number of benzene rings is 1. The average molecular weight is 258 g/mol. The summed E-state index contributed by atoms with van der Waals surface area (Å²) in [5.74, 6) is 1.86. The van der Waals surface area contributed by atoms with Gasteiger partial charge in [-0.1, -0.05) is 19.1 Å². The van der Waals surface area contributed by atoms with E-state index in [0.29, 0.717) is 18.3 Å². The molecule has 1 aromatic carbocycles. The maximum Gasteiger partial charge on any atom is 0.193 e. The van der Waals surface area contributed by atoms with Crippen molar-refractivity contribution < 1.29 is 0 Å². The Balaban J connectivity index is 1.95. The standard InChI is InChI=1S/C13H18N6/c1-3-11-17-12(19-18-11)8-15-13(14)16-10-6-4-5-9(2)7-10/h4-7H,3,8H2,1-2H3,(H3,14,15,16)(H,17,18,19). The Bertz CT molecular complexity index is 572. The van der Waals surface area contributed by atoms with Crippen LogP contribution in [0, 0.1) is 6.92 Å². The summed E-state index contributed by atoms with van der Waals surface area (Å²) in [6, 6.07) is 7.94. The van der Waals surface area contributed by atoms with Crippen LogP contribution in [0.15, 0.2) is 29.3 Å². The first-order valence-electron chi connectivity index (χ1n) is 6.21. The van der Waals surface area contributed by atoms with Gasteiger partial charge in [0, 0.05) is 12.1 Å². The molecule has 0 saturated heterocycles. The van der Waals surface area contributed by atoms with Gasteiger partial charge in [0.05, 0.1) is 0 Å². The van der Waals surface area contributed by atoms with Crippen molar-refractivity contribution in [3.8, 4) is 0 Å². The van der Waals surface area contributed by atoms with Crippen LogP contribution in [-0.2, 0) is 13.0 Å². The second-order valence-electron chi connectivity index (χ2n) is 4.25. The van der Waals surface area contributed by atoms with Crippen LogP contribution in [0.2, 0.25) is 0 Å². The number of hydrogen-bond donors (Lipinski definition) is 3. The van der Waals surface area contributed by atoms with Gasteiger partial charge in [0.25, 0.3) is 0 Å². The third kappa shape index (κ3) is 3.80. The molecule has 100 valence electrons. The van der Waals surface area contributed by atoms with Crippen LogP contribution in [-0.4, -0.2) is 21.1 Å². The zero-order valence-electron chi connectivity index (χ0n) is 11.1. The van der Waals surface area contributed by atoms with E-state index >= 15 is 0 Å². The lowest BCUT2D eigenvalue weighted by molar-refractivity contribution is 0.913. The number of aliphatic imine (C=N–C) groups is 1. The van der Waals surface area contributed by atoms with Crippen LogP contribution < -0.4 is 11.1 Å². The minimum Gasteiger partial charge on any atom is -0.370 e. The largest absolute Gasteiger partial charge is 0.370 e. The van der Waals surface area contributed by atoms with Crippen molar-refractivity contribution >= 4 is 11.6 Å². The van der Waals surface area contributed by atoms with E-state index in [0.717, 1.165) is 17.9 Å². The molecule has 2 aromatic rings. The lowest BCUT2D eigenvalue weighted by atomic mass is 10.2. The van der Waals surface area contributed by atoms with Gasteiger partial charge in [0.2, 0.25) is 0 Å². The molecular weight excluding hydrogens is 240 g/mol. The summed E-state index contributed by atoms with van der Waals surface area (Å²) in [5, 5.41) is 9.91. The lowest BCUT2D eigenvalue weighted by Gasteiger charge is -2.05. The summed E-state index contributed by atoms with van der Waals surface area (Å²) in [6.07, 6.45) is 0.803. The number of aryl methyl sites for hydroxylation is 2. The number of nitrogens with two attached hydrogens (primary N) is 1. The van der Waals surface area contributed by atoms with E-state index in [-0.39, 0.29) is 0 Å². The van der Waals surface area contributed by atoms with Gasteiger partial charge < -0.3 is 11.1 Å². The monoisotopic (exact) mass is 258 g/mol. The van der Waals surface area contributed by atoms with Crippen LogP contribution in [0.1, 0.15) is 24.1 Å². The Morgan fingerprint density at radius 1 is 1.47 bits per heavy atom. The minimum atomic E-state index is 0.361. The number of nitrogens with one attached hydrogen (secondary N) is 2. The number of aromatic amines is 1. The maximum absolute atomic E-state index is 5.82. The Morgan fingerprint density at radius 2 is 2.32 bits per heavy atom. The third-order valence-corrected chi connectivity index (χ3v) is 2.58. The van der Waals surface area contributed by atoms with Gasteiger partial charge in [0.15, 0.2) is 11.8 Å². The van der Waals surface area contributed by atoms with Crippen molar-refractivity contribution in [2.75, 3.05) is 5.32 Å². The van der Waals surface area contributed by atoms with E-state index in [4.69, 9.17) is 5.73 Å². The quantitative estimate of drug-likeness (QED) is 0.573. The molecule has 0 aliphatic rings. The SMILES string of the molecule is CCc1n[nH]c(CN=C(N)Nc2cccc(C)c2)n1. The molecule has 0 aliphatic carbocycles. The highest BCUT2D eigenvalue weighted by atomic mass is 15.2. The van der Waals surface area contributed by atoms with Crippen molar-refractivity contribution in [3.63, 3.8) is 0 Å². The topological polar surface area (TPSA) is 92.0 Å². The molecule has 1 heterocycles. The number of rotatable bonds is 4. The highest BCUT2D eigenvalue weighted by molar-refractivity contribution is 5.92. The van der Waals surface area contributed by atoms with Crippen molar-refractivity contribution in [1.82, 2.24) is 15.2 Å². The number of anilines is 1. The zero-order chi connectivity index (χ0) is 13.7. The van der Waals surface area contributed by atoms with E-state index in [9.17, 15) is 0 Å². The highest BCUT2D eigenvalue weighted by Crippen LogP contribution is 2.08. The molecule has 0 aliphatic heterocycles. The van der Waals surface area contributed by atoms with Gasteiger partial charge in [-0.05, 0) is 24.6 Å². The highest BCUT2D eigenvalue weighted by Gasteiger charge is 2.00. The second kappa shape index (κ2) is 5.99. The molecule has 0 atom stereocenters. The van der Waals surface area contributed by atoms with Crippen molar-refractivity contribution in [2.45, 2.75) is 26.8 Å². The van der Waals surface area contributed by atoms with Gasteiger partial charge in [0.1, 0.15) is 12.4 Å². The van der Waals surface area contributed by atoms with Gasteiger partial charge in [-0.2, -0.15) is 5.10 Å². The molecule has 0 spiro atoms. The molecule has 0 fully saturated rings. The summed E-state index contributed by atoms with van der Waals surface area (Å²) >= 11 is 0.